The molecule has 1 atom stereocenters. The first-order chi connectivity index (χ1) is 7.74. The standard InChI is InChI=1S/C14H26O2/c1-4-10-13(5-2)11-8-7-9-12-16-14(15)6-3/h6,13H,3-5,7-12H2,1-2H3. The lowest BCUT2D eigenvalue weighted by Gasteiger charge is -2.12. The maximum absolute atomic E-state index is 10.7. The smallest absolute Gasteiger partial charge is 0.330 e. The number of hydrogen-bond acceptors (Lipinski definition) is 2. The van der Waals surface area contributed by atoms with Crippen LogP contribution in [-0.4, -0.2) is 12.6 Å². The number of rotatable bonds is 10. The molecule has 0 N–H and O–H groups in total. The van der Waals surface area contributed by atoms with Crippen molar-refractivity contribution in [1.82, 2.24) is 0 Å². The highest BCUT2D eigenvalue weighted by Crippen LogP contribution is 2.18. The van der Waals surface area contributed by atoms with Crippen molar-refractivity contribution < 1.29 is 9.53 Å². The van der Waals surface area contributed by atoms with Crippen LogP contribution in [0.25, 0.3) is 0 Å². The predicted molar refractivity (Wildman–Crippen MR) is 68.3 cm³/mol. The third kappa shape index (κ3) is 8.51. The molecule has 94 valence electrons. The maximum atomic E-state index is 10.7. The van der Waals surface area contributed by atoms with Gasteiger partial charge in [-0.2, -0.15) is 0 Å². The van der Waals surface area contributed by atoms with Gasteiger partial charge in [0.2, 0.25) is 0 Å². The van der Waals surface area contributed by atoms with Gasteiger partial charge >= 0.3 is 5.97 Å². The lowest BCUT2D eigenvalue weighted by atomic mass is 9.94. The van der Waals surface area contributed by atoms with E-state index in [0.29, 0.717) is 6.61 Å². The first kappa shape index (κ1) is 15.2. The van der Waals surface area contributed by atoms with Gasteiger partial charge in [-0.25, -0.2) is 4.79 Å². The molecule has 0 aliphatic carbocycles. The summed E-state index contributed by atoms with van der Waals surface area (Å²) in [6.07, 6.45) is 9.85. The van der Waals surface area contributed by atoms with Gasteiger partial charge < -0.3 is 4.74 Å². The van der Waals surface area contributed by atoms with E-state index in [4.69, 9.17) is 4.74 Å². The number of carbonyl (C=O) groups excluding carboxylic acids is 1. The molecule has 0 radical (unpaired) electrons. The van der Waals surface area contributed by atoms with Crippen molar-refractivity contribution >= 4 is 5.97 Å². The van der Waals surface area contributed by atoms with Crippen LogP contribution in [0.4, 0.5) is 0 Å². The number of esters is 1. The van der Waals surface area contributed by atoms with Crippen LogP contribution in [0.5, 0.6) is 0 Å². The zero-order chi connectivity index (χ0) is 12.2. The third-order valence-corrected chi connectivity index (χ3v) is 2.94. The second-order valence-electron chi connectivity index (χ2n) is 4.28. The molecule has 2 heteroatoms. The van der Waals surface area contributed by atoms with Gasteiger partial charge in [0.15, 0.2) is 0 Å². The largest absolute Gasteiger partial charge is 0.463 e. The molecule has 1 unspecified atom stereocenters. The summed E-state index contributed by atoms with van der Waals surface area (Å²) in [6.45, 7) is 8.41. The van der Waals surface area contributed by atoms with E-state index in [1.807, 2.05) is 0 Å². The summed E-state index contributed by atoms with van der Waals surface area (Å²) in [5, 5.41) is 0. The molecule has 0 saturated heterocycles. The predicted octanol–water partition coefficient (Wildman–Crippen LogP) is 4.10. The quantitative estimate of drug-likeness (QED) is 0.318. The highest BCUT2D eigenvalue weighted by Gasteiger charge is 2.04. The zero-order valence-electron chi connectivity index (χ0n) is 10.8. The van der Waals surface area contributed by atoms with Crippen LogP contribution in [0, 0.1) is 5.92 Å². The van der Waals surface area contributed by atoms with Crippen LogP contribution < -0.4 is 0 Å². The lowest BCUT2D eigenvalue weighted by molar-refractivity contribution is -0.137. The average Bonchev–Trinajstić information content (AvgIpc) is 2.31. The van der Waals surface area contributed by atoms with Crippen molar-refractivity contribution in [3.05, 3.63) is 12.7 Å². The van der Waals surface area contributed by atoms with Crippen LogP contribution >= 0.6 is 0 Å². The van der Waals surface area contributed by atoms with Crippen LogP contribution in [0.1, 0.15) is 58.8 Å². The van der Waals surface area contributed by atoms with Crippen molar-refractivity contribution in [3.63, 3.8) is 0 Å². The highest BCUT2D eigenvalue weighted by molar-refractivity contribution is 5.81. The summed E-state index contributed by atoms with van der Waals surface area (Å²) in [7, 11) is 0. The van der Waals surface area contributed by atoms with Crippen LogP contribution in [0.15, 0.2) is 12.7 Å². The second-order valence-corrected chi connectivity index (χ2v) is 4.28. The van der Waals surface area contributed by atoms with Crippen molar-refractivity contribution in [2.24, 2.45) is 5.92 Å². The summed E-state index contributed by atoms with van der Waals surface area (Å²) in [4.78, 5) is 10.7. The van der Waals surface area contributed by atoms with Gasteiger partial charge in [0.1, 0.15) is 0 Å². The zero-order valence-corrected chi connectivity index (χ0v) is 10.8. The topological polar surface area (TPSA) is 26.3 Å². The number of ether oxygens (including phenoxy) is 1. The molecule has 16 heavy (non-hydrogen) atoms. The van der Waals surface area contributed by atoms with Gasteiger partial charge in [-0.15, -0.1) is 0 Å². The number of carbonyl (C=O) groups is 1. The first-order valence-electron chi connectivity index (χ1n) is 6.53. The minimum Gasteiger partial charge on any atom is -0.463 e. The molecule has 0 saturated carbocycles. The Hall–Kier alpha value is -0.790. The molecule has 0 aliphatic heterocycles. The molecule has 0 aromatic carbocycles. The van der Waals surface area contributed by atoms with Crippen molar-refractivity contribution in [2.45, 2.75) is 58.8 Å². The summed E-state index contributed by atoms with van der Waals surface area (Å²) in [5.41, 5.74) is 0. The summed E-state index contributed by atoms with van der Waals surface area (Å²) in [6, 6.07) is 0. The minimum atomic E-state index is -0.308. The van der Waals surface area contributed by atoms with Gasteiger partial charge in [-0.3, -0.25) is 0 Å². The van der Waals surface area contributed by atoms with E-state index in [-0.39, 0.29) is 5.97 Å². The van der Waals surface area contributed by atoms with Gasteiger partial charge in [0.25, 0.3) is 0 Å². The molecule has 0 bridgehead atoms. The van der Waals surface area contributed by atoms with Crippen LogP contribution in [-0.2, 0) is 9.53 Å². The number of unbranched alkanes of at least 4 members (excludes halogenated alkanes) is 2. The Balaban J connectivity index is 3.31. The molecular formula is C14H26O2. The van der Waals surface area contributed by atoms with E-state index in [1.54, 1.807) is 0 Å². The average molecular weight is 226 g/mol. The fourth-order valence-electron chi connectivity index (χ4n) is 1.90. The van der Waals surface area contributed by atoms with E-state index in [0.717, 1.165) is 18.8 Å². The summed E-state index contributed by atoms with van der Waals surface area (Å²) in [5.74, 6) is 0.582. The van der Waals surface area contributed by atoms with E-state index in [9.17, 15) is 4.79 Å². The molecule has 0 aromatic rings. The highest BCUT2D eigenvalue weighted by atomic mass is 16.5. The van der Waals surface area contributed by atoms with Gasteiger partial charge in [0, 0.05) is 6.08 Å². The number of hydrogen-bond donors (Lipinski definition) is 0. The molecule has 0 rings (SSSR count). The van der Waals surface area contributed by atoms with Gasteiger partial charge in [-0.05, 0) is 12.3 Å². The normalized spacial score (nSPS) is 12.1. The monoisotopic (exact) mass is 226 g/mol. The Morgan fingerprint density at radius 1 is 1.25 bits per heavy atom. The van der Waals surface area contributed by atoms with E-state index >= 15 is 0 Å². The van der Waals surface area contributed by atoms with Crippen LogP contribution in [0.3, 0.4) is 0 Å². The molecule has 0 amide bonds. The first-order valence-corrected chi connectivity index (χ1v) is 6.53. The maximum Gasteiger partial charge on any atom is 0.330 e. The van der Waals surface area contributed by atoms with E-state index in [1.165, 1.54) is 38.2 Å². The third-order valence-electron chi connectivity index (χ3n) is 2.94. The van der Waals surface area contributed by atoms with Crippen molar-refractivity contribution in [2.75, 3.05) is 6.61 Å². The minimum absolute atomic E-state index is 0.308. The molecule has 0 spiro atoms. The Kier molecular flexibility index (Phi) is 10.2. The summed E-state index contributed by atoms with van der Waals surface area (Å²) >= 11 is 0. The Morgan fingerprint density at radius 3 is 2.56 bits per heavy atom. The van der Waals surface area contributed by atoms with Crippen LogP contribution in [0.2, 0.25) is 0 Å². The molecule has 0 heterocycles. The molecule has 0 aromatic heterocycles. The Bertz CT molecular complexity index is 187. The fourth-order valence-corrected chi connectivity index (χ4v) is 1.90. The molecule has 0 aliphatic rings. The Labute approximate surface area is 100 Å². The lowest BCUT2D eigenvalue weighted by Crippen LogP contribution is -2.02. The van der Waals surface area contributed by atoms with Gasteiger partial charge in [-0.1, -0.05) is 59.0 Å². The molecular weight excluding hydrogens is 200 g/mol. The molecule has 2 nitrogen and oxygen atoms in total. The van der Waals surface area contributed by atoms with E-state index in [2.05, 4.69) is 20.4 Å². The molecule has 0 fully saturated rings. The van der Waals surface area contributed by atoms with E-state index < -0.39 is 0 Å². The fraction of sp³-hybridized carbons (Fsp3) is 0.786. The Morgan fingerprint density at radius 2 is 2.00 bits per heavy atom. The van der Waals surface area contributed by atoms with Gasteiger partial charge in [0.05, 0.1) is 6.61 Å². The summed E-state index contributed by atoms with van der Waals surface area (Å²) < 4.78 is 4.92. The second kappa shape index (κ2) is 10.7. The van der Waals surface area contributed by atoms with Crippen molar-refractivity contribution in [1.29, 1.82) is 0 Å². The SMILES string of the molecule is C=CC(=O)OCCCCCC(CC)CCC. The van der Waals surface area contributed by atoms with Crippen molar-refractivity contribution in [3.8, 4) is 0 Å².